The molecule has 0 spiro atoms. The average Bonchev–Trinajstić information content (AvgIpc) is 2.87. The van der Waals surface area contributed by atoms with E-state index in [0.29, 0.717) is 12.5 Å². The van der Waals surface area contributed by atoms with Gasteiger partial charge < -0.3 is 4.74 Å². The monoisotopic (exact) mass is 255 g/mol. The largest absolute Gasteiger partial charge is 0.474 e. The Bertz CT molecular complexity index is 643. The van der Waals surface area contributed by atoms with E-state index >= 15 is 0 Å². The molecule has 0 aliphatic carbocycles. The molecule has 3 rings (SSSR count). The van der Waals surface area contributed by atoms with Crippen LogP contribution in [0.4, 0.5) is 0 Å². The van der Waals surface area contributed by atoms with Crippen LogP contribution in [0.25, 0.3) is 11.0 Å². The van der Waals surface area contributed by atoms with Crippen LogP contribution >= 0.6 is 0 Å². The molecule has 19 heavy (non-hydrogen) atoms. The Balaban J connectivity index is 1.97. The zero-order valence-corrected chi connectivity index (χ0v) is 11.4. The summed E-state index contributed by atoms with van der Waals surface area (Å²) < 4.78 is 5.69. The SMILES string of the molecule is CC(C)(C)[C@H]1COC(c2ccc3cccnc3n2)=N1. The molecule has 1 atom stereocenters. The molecular formula is C15H17N3O. The fourth-order valence-corrected chi connectivity index (χ4v) is 2.03. The molecule has 1 aliphatic heterocycles. The van der Waals surface area contributed by atoms with E-state index in [-0.39, 0.29) is 11.5 Å². The Morgan fingerprint density at radius 1 is 1.21 bits per heavy atom. The highest BCUT2D eigenvalue weighted by atomic mass is 16.5. The van der Waals surface area contributed by atoms with Gasteiger partial charge in [-0.15, -0.1) is 0 Å². The predicted molar refractivity (Wildman–Crippen MR) is 75.3 cm³/mol. The highest BCUT2D eigenvalue weighted by Crippen LogP contribution is 2.27. The first-order chi connectivity index (χ1) is 9.04. The van der Waals surface area contributed by atoms with Gasteiger partial charge >= 0.3 is 0 Å². The summed E-state index contributed by atoms with van der Waals surface area (Å²) in [5.41, 5.74) is 1.60. The van der Waals surface area contributed by atoms with Crippen molar-refractivity contribution in [2.75, 3.05) is 6.61 Å². The molecule has 4 nitrogen and oxygen atoms in total. The minimum absolute atomic E-state index is 0.108. The number of fused-ring (bicyclic) bond motifs is 1. The summed E-state index contributed by atoms with van der Waals surface area (Å²) >= 11 is 0. The lowest BCUT2D eigenvalue weighted by molar-refractivity contribution is 0.235. The van der Waals surface area contributed by atoms with E-state index in [9.17, 15) is 0 Å². The summed E-state index contributed by atoms with van der Waals surface area (Å²) in [5.74, 6) is 0.632. The van der Waals surface area contributed by atoms with Crippen molar-refractivity contribution >= 4 is 16.9 Å². The second-order valence-electron chi connectivity index (χ2n) is 5.87. The molecule has 0 N–H and O–H groups in total. The maximum Gasteiger partial charge on any atom is 0.235 e. The lowest BCUT2D eigenvalue weighted by atomic mass is 9.88. The summed E-state index contributed by atoms with van der Waals surface area (Å²) in [7, 11) is 0. The topological polar surface area (TPSA) is 47.4 Å². The minimum Gasteiger partial charge on any atom is -0.474 e. The Kier molecular flexibility index (Phi) is 2.73. The second-order valence-corrected chi connectivity index (χ2v) is 5.87. The summed E-state index contributed by atoms with van der Waals surface area (Å²) in [5, 5.41) is 1.03. The predicted octanol–water partition coefficient (Wildman–Crippen LogP) is 2.82. The highest BCUT2D eigenvalue weighted by molar-refractivity contribution is 5.95. The molecule has 2 aromatic rings. The zero-order valence-electron chi connectivity index (χ0n) is 11.4. The van der Waals surface area contributed by atoms with Gasteiger partial charge in [-0.2, -0.15) is 0 Å². The van der Waals surface area contributed by atoms with Gasteiger partial charge in [-0.25, -0.2) is 15.0 Å². The van der Waals surface area contributed by atoms with Gasteiger partial charge in [0.1, 0.15) is 12.3 Å². The number of rotatable bonds is 1. The normalized spacial score (nSPS) is 19.3. The molecule has 0 aromatic carbocycles. The fraction of sp³-hybridized carbons (Fsp3) is 0.400. The van der Waals surface area contributed by atoms with Crippen LogP contribution in [-0.2, 0) is 4.74 Å². The van der Waals surface area contributed by atoms with Gasteiger partial charge in [0.25, 0.3) is 0 Å². The summed E-state index contributed by atoms with van der Waals surface area (Å²) in [4.78, 5) is 13.4. The van der Waals surface area contributed by atoms with E-state index in [1.165, 1.54) is 0 Å². The van der Waals surface area contributed by atoms with Crippen molar-refractivity contribution in [3.63, 3.8) is 0 Å². The van der Waals surface area contributed by atoms with E-state index in [0.717, 1.165) is 16.7 Å². The van der Waals surface area contributed by atoms with E-state index in [4.69, 9.17) is 4.74 Å². The van der Waals surface area contributed by atoms with Crippen molar-refractivity contribution in [1.82, 2.24) is 9.97 Å². The number of nitrogens with zero attached hydrogens (tertiary/aromatic N) is 3. The van der Waals surface area contributed by atoms with Crippen LogP contribution in [0.2, 0.25) is 0 Å². The van der Waals surface area contributed by atoms with Gasteiger partial charge in [-0.05, 0) is 29.7 Å². The molecule has 0 bridgehead atoms. The molecular weight excluding hydrogens is 238 g/mol. The molecule has 1 aliphatic rings. The minimum atomic E-state index is 0.108. The lowest BCUT2D eigenvalue weighted by Gasteiger charge is -2.21. The number of hydrogen-bond donors (Lipinski definition) is 0. The first kappa shape index (κ1) is 12.1. The third-order valence-electron chi connectivity index (χ3n) is 3.33. The van der Waals surface area contributed by atoms with Crippen molar-refractivity contribution < 1.29 is 4.74 Å². The van der Waals surface area contributed by atoms with Gasteiger partial charge in [-0.3, -0.25) is 0 Å². The molecule has 0 saturated heterocycles. The number of pyridine rings is 2. The van der Waals surface area contributed by atoms with Gasteiger partial charge in [0.15, 0.2) is 5.65 Å². The van der Waals surface area contributed by atoms with Crippen LogP contribution in [0.3, 0.4) is 0 Å². The van der Waals surface area contributed by atoms with Crippen molar-refractivity contribution in [3.8, 4) is 0 Å². The Labute approximate surface area is 112 Å². The highest BCUT2D eigenvalue weighted by Gasteiger charge is 2.31. The average molecular weight is 255 g/mol. The van der Waals surface area contributed by atoms with E-state index in [2.05, 4.69) is 35.7 Å². The molecule has 3 heterocycles. The molecule has 4 heteroatoms. The van der Waals surface area contributed by atoms with Gasteiger partial charge in [-0.1, -0.05) is 20.8 Å². The van der Waals surface area contributed by atoms with Crippen LogP contribution in [-0.4, -0.2) is 28.5 Å². The van der Waals surface area contributed by atoms with Crippen LogP contribution in [0.15, 0.2) is 35.5 Å². The molecule has 0 radical (unpaired) electrons. The van der Waals surface area contributed by atoms with Gasteiger partial charge in [0.05, 0.1) is 6.04 Å². The van der Waals surface area contributed by atoms with Crippen LogP contribution < -0.4 is 0 Å². The summed E-state index contributed by atoms with van der Waals surface area (Å²) in [6.07, 6.45) is 1.74. The standard InChI is InChI=1S/C15H17N3O/c1-15(2,3)12-9-19-14(18-12)11-7-6-10-5-4-8-16-13(10)17-11/h4-8,12H,9H2,1-3H3/t12-/m1/s1. The number of hydrogen-bond acceptors (Lipinski definition) is 4. The number of ether oxygens (including phenoxy) is 1. The Morgan fingerprint density at radius 2 is 2.05 bits per heavy atom. The Hall–Kier alpha value is -1.97. The van der Waals surface area contributed by atoms with Gasteiger partial charge in [0, 0.05) is 11.6 Å². The first-order valence-corrected chi connectivity index (χ1v) is 6.47. The van der Waals surface area contributed by atoms with E-state index < -0.39 is 0 Å². The molecule has 2 aromatic heterocycles. The van der Waals surface area contributed by atoms with Gasteiger partial charge in [0.2, 0.25) is 5.90 Å². The van der Waals surface area contributed by atoms with Crippen LogP contribution in [0.1, 0.15) is 26.5 Å². The third kappa shape index (κ3) is 2.30. The number of aromatic nitrogens is 2. The Morgan fingerprint density at radius 3 is 2.79 bits per heavy atom. The quantitative estimate of drug-likeness (QED) is 0.787. The van der Waals surface area contributed by atoms with Crippen LogP contribution in [0, 0.1) is 5.41 Å². The molecule has 0 fully saturated rings. The first-order valence-electron chi connectivity index (χ1n) is 6.47. The van der Waals surface area contributed by atoms with Crippen molar-refractivity contribution in [2.24, 2.45) is 10.4 Å². The summed E-state index contributed by atoms with van der Waals surface area (Å²) in [6.45, 7) is 7.13. The van der Waals surface area contributed by atoms with Crippen LogP contribution in [0.5, 0.6) is 0 Å². The van der Waals surface area contributed by atoms with Crippen molar-refractivity contribution in [1.29, 1.82) is 0 Å². The molecule has 98 valence electrons. The van der Waals surface area contributed by atoms with Crippen molar-refractivity contribution in [3.05, 3.63) is 36.2 Å². The maximum absolute atomic E-state index is 5.69. The fourth-order valence-electron chi connectivity index (χ4n) is 2.03. The van der Waals surface area contributed by atoms with E-state index in [1.807, 2.05) is 24.3 Å². The van der Waals surface area contributed by atoms with E-state index in [1.54, 1.807) is 6.20 Å². The molecule has 0 unspecified atom stereocenters. The second kappa shape index (κ2) is 4.30. The zero-order chi connectivity index (χ0) is 13.5. The lowest BCUT2D eigenvalue weighted by Crippen LogP contribution is -2.25. The smallest absolute Gasteiger partial charge is 0.235 e. The maximum atomic E-state index is 5.69. The third-order valence-corrected chi connectivity index (χ3v) is 3.33. The summed E-state index contributed by atoms with van der Waals surface area (Å²) in [6, 6.07) is 8.02. The molecule has 0 saturated carbocycles. The number of aliphatic imine (C=N–C) groups is 1. The molecule has 0 amide bonds. The van der Waals surface area contributed by atoms with Crippen molar-refractivity contribution in [2.45, 2.75) is 26.8 Å².